The van der Waals surface area contributed by atoms with Crippen molar-refractivity contribution in [2.45, 2.75) is 70.5 Å². The first kappa shape index (κ1) is 14.1. The second-order valence-corrected chi connectivity index (χ2v) is 11.9. The van der Waals surface area contributed by atoms with Crippen LogP contribution in [0.15, 0.2) is 0 Å². The maximum Gasteiger partial charge on any atom is 0.0899 e. The standard InChI is InChI=1S/C11H26O2Si/c1-10(2,12)11(3,13)8-7-9-14(4,5)6/h12-13H,7-9H2,1-6H3. The van der Waals surface area contributed by atoms with Crippen LogP contribution in [-0.2, 0) is 0 Å². The lowest BCUT2D eigenvalue weighted by atomic mass is 9.84. The Bertz CT molecular complexity index is 175. The maximum atomic E-state index is 10.0. The fourth-order valence-electron chi connectivity index (χ4n) is 1.27. The lowest BCUT2D eigenvalue weighted by molar-refractivity contribution is -0.123. The van der Waals surface area contributed by atoms with Crippen LogP contribution in [0.2, 0.25) is 25.7 Å². The molecule has 0 aromatic rings. The van der Waals surface area contributed by atoms with Crippen molar-refractivity contribution in [3.05, 3.63) is 0 Å². The molecule has 1 unspecified atom stereocenters. The third-order valence-electron chi connectivity index (χ3n) is 2.91. The van der Waals surface area contributed by atoms with Crippen LogP contribution in [-0.4, -0.2) is 29.5 Å². The molecule has 0 rings (SSSR count). The molecule has 0 amide bonds. The predicted octanol–water partition coefficient (Wildman–Crippen LogP) is 2.63. The van der Waals surface area contributed by atoms with E-state index < -0.39 is 19.3 Å². The van der Waals surface area contributed by atoms with Gasteiger partial charge in [-0.05, 0) is 27.2 Å². The van der Waals surface area contributed by atoms with Crippen LogP contribution in [0, 0.1) is 0 Å². The van der Waals surface area contributed by atoms with Crippen molar-refractivity contribution in [1.29, 1.82) is 0 Å². The van der Waals surface area contributed by atoms with E-state index in [0.717, 1.165) is 6.42 Å². The summed E-state index contributed by atoms with van der Waals surface area (Å²) < 4.78 is 0. The average Bonchev–Trinajstić information content (AvgIpc) is 1.80. The van der Waals surface area contributed by atoms with Crippen molar-refractivity contribution in [2.24, 2.45) is 0 Å². The van der Waals surface area contributed by atoms with E-state index in [2.05, 4.69) is 19.6 Å². The van der Waals surface area contributed by atoms with Crippen LogP contribution in [0.3, 0.4) is 0 Å². The Hall–Kier alpha value is 0.137. The molecule has 0 heterocycles. The van der Waals surface area contributed by atoms with Gasteiger partial charge in [0.15, 0.2) is 0 Å². The molecule has 0 aromatic carbocycles. The van der Waals surface area contributed by atoms with Gasteiger partial charge in [0.25, 0.3) is 0 Å². The van der Waals surface area contributed by atoms with Gasteiger partial charge in [0, 0.05) is 8.07 Å². The molecule has 0 spiro atoms. The fraction of sp³-hybridized carbons (Fsp3) is 1.00. The van der Waals surface area contributed by atoms with Crippen LogP contribution in [0.5, 0.6) is 0 Å². The Kier molecular flexibility index (Phi) is 4.37. The summed E-state index contributed by atoms with van der Waals surface area (Å²) in [5.41, 5.74) is -1.97. The molecule has 2 nitrogen and oxygen atoms in total. The Balaban J connectivity index is 4.02. The smallest absolute Gasteiger partial charge is 0.0899 e. The summed E-state index contributed by atoms with van der Waals surface area (Å²) in [5.74, 6) is 0. The molecule has 0 bridgehead atoms. The minimum Gasteiger partial charge on any atom is -0.387 e. The molecule has 2 N–H and O–H groups in total. The predicted molar refractivity (Wildman–Crippen MR) is 64.3 cm³/mol. The topological polar surface area (TPSA) is 40.5 Å². The minimum absolute atomic E-state index is 0.681. The van der Waals surface area contributed by atoms with Gasteiger partial charge in [-0.1, -0.05) is 32.1 Å². The molecule has 0 radical (unpaired) electrons. The van der Waals surface area contributed by atoms with Crippen LogP contribution < -0.4 is 0 Å². The highest BCUT2D eigenvalue weighted by Crippen LogP contribution is 2.28. The Morgan fingerprint density at radius 1 is 1.00 bits per heavy atom. The van der Waals surface area contributed by atoms with Crippen LogP contribution in [0.1, 0.15) is 33.6 Å². The molecular formula is C11H26O2Si. The van der Waals surface area contributed by atoms with Crippen molar-refractivity contribution in [3.63, 3.8) is 0 Å². The van der Waals surface area contributed by atoms with E-state index >= 15 is 0 Å². The molecular weight excluding hydrogens is 192 g/mol. The van der Waals surface area contributed by atoms with Crippen molar-refractivity contribution in [2.75, 3.05) is 0 Å². The number of aliphatic hydroxyl groups is 2. The third kappa shape index (κ3) is 5.13. The lowest BCUT2D eigenvalue weighted by Crippen LogP contribution is -2.47. The van der Waals surface area contributed by atoms with E-state index in [1.54, 1.807) is 20.8 Å². The molecule has 3 heteroatoms. The second kappa shape index (κ2) is 4.33. The SMILES string of the molecule is CC(C)(O)C(C)(O)CCC[Si](C)(C)C. The first-order chi connectivity index (χ1) is 5.96. The zero-order valence-electron chi connectivity index (χ0n) is 10.5. The third-order valence-corrected chi connectivity index (χ3v) is 4.76. The van der Waals surface area contributed by atoms with Gasteiger partial charge in [0.05, 0.1) is 11.2 Å². The summed E-state index contributed by atoms with van der Waals surface area (Å²) in [4.78, 5) is 0. The normalized spacial score (nSPS) is 18.0. The zero-order valence-corrected chi connectivity index (χ0v) is 11.5. The number of rotatable bonds is 5. The molecule has 0 saturated carbocycles. The first-order valence-corrected chi connectivity index (χ1v) is 9.11. The molecule has 0 aliphatic heterocycles. The van der Waals surface area contributed by atoms with Gasteiger partial charge in [-0.25, -0.2) is 0 Å². The van der Waals surface area contributed by atoms with Crippen LogP contribution >= 0.6 is 0 Å². The Morgan fingerprint density at radius 2 is 1.43 bits per heavy atom. The van der Waals surface area contributed by atoms with Gasteiger partial charge in [-0.15, -0.1) is 0 Å². The van der Waals surface area contributed by atoms with Crippen LogP contribution in [0.4, 0.5) is 0 Å². The van der Waals surface area contributed by atoms with Gasteiger partial charge in [-0.3, -0.25) is 0 Å². The Labute approximate surface area is 89.4 Å². The second-order valence-electron chi connectivity index (χ2n) is 6.25. The molecule has 0 fully saturated rings. The van der Waals surface area contributed by atoms with E-state index in [0.29, 0.717) is 6.42 Å². The molecule has 0 aliphatic carbocycles. The van der Waals surface area contributed by atoms with Crippen molar-refractivity contribution >= 4 is 8.07 Å². The van der Waals surface area contributed by atoms with Gasteiger partial charge in [0.2, 0.25) is 0 Å². The zero-order chi connectivity index (χ0) is 11.6. The van der Waals surface area contributed by atoms with Crippen molar-refractivity contribution in [1.82, 2.24) is 0 Å². The summed E-state index contributed by atoms with van der Waals surface area (Å²) in [6, 6.07) is 1.21. The van der Waals surface area contributed by atoms with Gasteiger partial charge in [-0.2, -0.15) is 0 Å². The van der Waals surface area contributed by atoms with E-state index in [1.807, 2.05) is 0 Å². The highest BCUT2D eigenvalue weighted by molar-refractivity contribution is 6.76. The average molecular weight is 218 g/mol. The number of hydrogen-bond donors (Lipinski definition) is 2. The largest absolute Gasteiger partial charge is 0.387 e. The van der Waals surface area contributed by atoms with E-state index in [-0.39, 0.29) is 0 Å². The fourth-order valence-corrected chi connectivity index (χ4v) is 2.51. The quantitative estimate of drug-likeness (QED) is 0.696. The maximum absolute atomic E-state index is 10.0. The van der Waals surface area contributed by atoms with Gasteiger partial charge < -0.3 is 10.2 Å². The highest BCUT2D eigenvalue weighted by Gasteiger charge is 2.36. The number of hydrogen-bond acceptors (Lipinski definition) is 2. The van der Waals surface area contributed by atoms with Crippen molar-refractivity contribution in [3.8, 4) is 0 Å². The van der Waals surface area contributed by atoms with Gasteiger partial charge in [0.1, 0.15) is 0 Å². The van der Waals surface area contributed by atoms with Crippen molar-refractivity contribution < 1.29 is 10.2 Å². The Morgan fingerprint density at radius 3 is 1.71 bits per heavy atom. The molecule has 0 aromatic heterocycles. The summed E-state index contributed by atoms with van der Waals surface area (Å²) in [6.45, 7) is 12.0. The monoisotopic (exact) mass is 218 g/mol. The summed E-state index contributed by atoms with van der Waals surface area (Å²) in [6.07, 6.45) is 1.69. The van der Waals surface area contributed by atoms with E-state index in [4.69, 9.17) is 0 Å². The van der Waals surface area contributed by atoms with E-state index in [9.17, 15) is 10.2 Å². The molecule has 0 saturated heterocycles. The summed E-state index contributed by atoms with van der Waals surface area (Å²) >= 11 is 0. The van der Waals surface area contributed by atoms with Gasteiger partial charge >= 0.3 is 0 Å². The summed E-state index contributed by atoms with van der Waals surface area (Å²) in [5, 5.41) is 19.7. The molecule has 1 atom stereocenters. The highest BCUT2D eigenvalue weighted by atomic mass is 28.3. The van der Waals surface area contributed by atoms with E-state index in [1.165, 1.54) is 6.04 Å². The van der Waals surface area contributed by atoms with Crippen LogP contribution in [0.25, 0.3) is 0 Å². The molecule has 14 heavy (non-hydrogen) atoms. The molecule has 86 valence electrons. The lowest BCUT2D eigenvalue weighted by Gasteiger charge is -2.36. The first-order valence-electron chi connectivity index (χ1n) is 5.40. The summed E-state index contributed by atoms with van der Waals surface area (Å²) in [7, 11) is -1.01. The minimum atomic E-state index is -1.01. The molecule has 0 aliphatic rings.